The number of H-pyrrole nitrogens is 1. The summed E-state index contributed by atoms with van der Waals surface area (Å²) >= 11 is 6.33. The first kappa shape index (κ1) is 21.1. The van der Waals surface area contributed by atoms with Gasteiger partial charge in [-0.2, -0.15) is 0 Å². The normalized spacial score (nSPS) is 16.5. The number of nitrogens with one attached hydrogen (secondary N) is 1. The number of ether oxygens (including phenoxy) is 2. The Morgan fingerprint density at radius 1 is 1.21 bits per heavy atom. The molecule has 1 aromatic carbocycles. The molecule has 0 spiro atoms. The van der Waals surface area contributed by atoms with Crippen LogP contribution in [0.15, 0.2) is 59.7 Å². The molecule has 1 atom stereocenters. The SMILES string of the molecule is Cc1nc2c(cc1-c1cnc3[nH]cc(Cl)c3c1)n(C[C@H]1COCCO1)c(=O)n2-c1ccccc1. The van der Waals surface area contributed by atoms with Crippen LogP contribution in [0.4, 0.5) is 0 Å². The number of pyridine rings is 2. The molecule has 1 aliphatic heterocycles. The summed E-state index contributed by atoms with van der Waals surface area (Å²) in [6, 6.07) is 13.5. The van der Waals surface area contributed by atoms with Gasteiger partial charge in [-0.3, -0.25) is 4.57 Å². The van der Waals surface area contributed by atoms with Gasteiger partial charge in [0.1, 0.15) is 5.65 Å². The Labute approximate surface area is 199 Å². The quantitative estimate of drug-likeness (QED) is 0.422. The fourth-order valence-electron chi connectivity index (χ4n) is 4.50. The van der Waals surface area contributed by atoms with Crippen LogP contribution in [0.5, 0.6) is 0 Å². The predicted molar refractivity (Wildman–Crippen MR) is 131 cm³/mol. The molecule has 6 rings (SSSR count). The van der Waals surface area contributed by atoms with E-state index in [1.807, 2.05) is 49.4 Å². The smallest absolute Gasteiger partial charge is 0.335 e. The Hall–Kier alpha value is -3.46. The zero-order valence-electron chi connectivity index (χ0n) is 18.5. The van der Waals surface area contributed by atoms with Crippen molar-refractivity contribution < 1.29 is 9.47 Å². The van der Waals surface area contributed by atoms with Crippen LogP contribution in [0.2, 0.25) is 5.02 Å². The topological polar surface area (TPSA) is 87.0 Å². The molecule has 34 heavy (non-hydrogen) atoms. The number of aromatic nitrogens is 5. The largest absolute Gasteiger partial charge is 0.376 e. The van der Waals surface area contributed by atoms with Crippen LogP contribution in [0.1, 0.15) is 5.69 Å². The lowest BCUT2D eigenvalue weighted by Crippen LogP contribution is -2.35. The third kappa shape index (κ3) is 3.51. The van der Waals surface area contributed by atoms with Gasteiger partial charge in [-0.05, 0) is 31.2 Å². The number of para-hydroxylation sites is 1. The van der Waals surface area contributed by atoms with E-state index in [2.05, 4.69) is 9.97 Å². The number of rotatable bonds is 4. The molecule has 1 saturated heterocycles. The van der Waals surface area contributed by atoms with Crippen molar-refractivity contribution in [1.82, 2.24) is 24.1 Å². The fraction of sp³-hybridized carbons (Fsp3) is 0.240. The average Bonchev–Trinajstić information content (AvgIpc) is 3.36. The summed E-state index contributed by atoms with van der Waals surface area (Å²) < 4.78 is 14.8. The van der Waals surface area contributed by atoms with Gasteiger partial charge >= 0.3 is 5.69 Å². The summed E-state index contributed by atoms with van der Waals surface area (Å²) in [4.78, 5) is 26.1. The lowest BCUT2D eigenvalue weighted by atomic mass is 10.1. The molecule has 4 aromatic heterocycles. The van der Waals surface area contributed by atoms with E-state index >= 15 is 0 Å². The number of aromatic amines is 1. The van der Waals surface area contributed by atoms with Crippen molar-refractivity contribution in [3.63, 3.8) is 0 Å². The van der Waals surface area contributed by atoms with E-state index in [0.717, 1.165) is 39.1 Å². The Balaban J connectivity index is 1.57. The molecular formula is C25H22ClN5O3. The van der Waals surface area contributed by atoms with Crippen LogP contribution in [-0.4, -0.2) is 50.0 Å². The van der Waals surface area contributed by atoms with E-state index in [1.165, 1.54) is 0 Å². The maximum Gasteiger partial charge on any atom is 0.335 e. The van der Waals surface area contributed by atoms with Crippen molar-refractivity contribution in [2.45, 2.75) is 19.6 Å². The Kier molecular flexibility index (Phi) is 5.21. The van der Waals surface area contributed by atoms with Crippen LogP contribution in [0, 0.1) is 6.92 Å². The van der Waals surface area contributed by atoms with Crippen molar-refractivity contribution in [3.05, 3.63) is 76.1 Å². The van der Waals surface area contributed by atoms with Crippen LogP contribution in [-0.2, 0) is 16.0 Å². The predicted octanol–water partition coefficient (Wildman–Crippen LogP) is 4.11. The molecule has 0 aliphatic carbocycles. The highest BCUT2D eigenvalue weighted by atomic mass is 35.5. The Morgan fingerprint density at radius 3 is 2.85 bits per heavy atom. The van der Waals surface area contributed by atoms with Gasteiger partial charge in [0, 0.05) is 34.6 Å². The molecule has 8 nitrogen and oxygen atoms in total. The van der Waals surface area contributed by atoms with Gasteiger partial charge in [0.15, 0.2) is 5.65 Å². The van der Waals surface area contributed by atoms with Crippen LogP contribution >= 0.6 is 11.6 Å². The van der Waals surface area contributed by atoms with Crippen molar-refractivity contribution in [1.29, 1.82) is 0 Å². The number of halogens is 1. The van der Waals surface area contributed by atoms with Gasteiger partial charge in [-0.1, -0.05) is 29.8 Å². The molecule has 1 fully saturated rings. The molecule has 0 bridgehead atoms. The molecule has 5 heterocycles. The number of benzene rings is 1. The molecule has 1 N–H and O–H groups in total. The van der Waals surface area contributed by atoms with Gasteiger partial charge in [-0.15, -0.1) is 0 Å². The van der Waals surface area contributed by atoms with Crippen LogP contribution < -0.4 is 5.69 Å². The molecule has 9 heteroatoms. The summed E-state index contributed by atoms with van der Waals surface area (Å²) in [7, 11) is 0. The molecule has 1 aliphatic rings. The maximum absolute atomic E-state index is 13.7. The molecular weight excluding hydrogens is 454 g/mol. The third-order valence-electron chi connectivity index (χ3n) is 6.18. The minimum absolute atomic E-state index is 0.165. The summed E-state index contributed by atoms with van der Waals surface area (Å²) in [5, 5.41) is 1.45. The number of nitrogens with zero attached hydrogens (tertiary/aromatic N) is 4. The van der Waals surface area contributed by atoms with E-state index in [1.54, 1.807) is 21.5 Å². The van der Waals surface area contributed by atoms with E-state index in [9.17, 15) is 4.79 Å². The fourth-order valence-corrected chi connectivity index (χ4v) is 4.70. The molecule has 172 valence electrons. The second-order valence-corrected chi connectivity index (χ2v) is 8.76. The Morgan fingerprint density at radius 2 is 2.06 bits per heavy atom. The van der Waals surface area contributed by atoms with E-state index in [-0.39, 0.29) is 11.8 Å². The minimum Gasteiger partial charge on any atom is -0.376 e. The molecule has 0 saturated carbocycles. The van der Waals surface area contributed by atoms with Crippen LogP contribution in [0.25, 0.3) is 39.0 Å². The standard InChI is InChI=1S/C25H22ClN5O3/c1-15-19(16-9-20-21(26)12-28-23(20)27-11-16)10-22-24(29-15)31(17-5-3-2-4-6-17)25(32)30(22)13-18-14-33-7-8-34-18/h2-6,9-12,18H,7-8,13-14H2,1H3,(H,27,28)/t18-/m0/s1. The van der Waals surface area contributed by atoms with Crippen molar-refractivity contribution in [3.8, 4) is 16.8 Å². The maximum atomic E-state index is 13.7. The minimum atomic E-state index is -0.206. The first-order valence-corrected chi connectivity index (χ1v) is 11.5. The van der Waals surface area contributed by atoms with Gasteiger partial charge in [0.2, 0.25) is 0 Å². The third-order valence-corrected chi connectivity index (χ3v) is 6.49. The molecule has 0 amide bonds. The second-order valence-electron chi connectivity index (χ2n) is 8.35. The van der Waals surface area contributed by atoms with Gasteiger partial charge in [0.25, 0.3) is 0 Å². The highest BCUT2D eigenvalue weighted by Crippen LogP contribution is 2.31. The summed E-state index contributed by atoms with van der Waals surface area (Å²) in [5.41, 5.74) is 5.21. The zero-order chi connectivity index (χ0) is 23.2. The lowest BCUT2D eigenvalue weighted by Gasteiger charge is -2.23. The van der Waals surface area contributed by atoms with E-state index in [4.69, 9.17) is 26.1 Å². The van der Waals surface area contributed by atoms with Crippen LogP contribution in [0.3, 0.4) is 0 Å². The summed E-state index contributed by atoms with van der Waals surface area (Å²) in [6.07, 6.45) is 3.31. The average molecular weight is 476 g/mol. The van der Waals surface area contributed by atoms with Gasteiger partial charge in [0.05, 0.1) is 48.7 Å². The Bertz CT molecular complexity index is 1560. The molecule has 5 aromatic rings. The first-order chi connectivity index (χ1) is 16.6. The number of aryl methyl sites for hydroxylation is 1. The van der Waals surface area contributed by atoms with Crippen molar-refractivity contribution >= 4 is 33.8 Å². The number of hydrogen-bond acceptors (Lipinski definition) is 5. The number of fused-ring (bicyclic) bond motifs is 2. The number of imidazole rings is 1. The molecule has 0 radical (unpaired) electrons. The lowest BCUT2D eigenvalue weighted by molar-refractivity contribution is -0.0935. The summed E-state index contributed by atoms with van der Waals surface area (Å²) in [5.74, 6) is 0. The van der Waals surface area contributed by atoms with Crippen molar-refractivity contribution in [2.75, 3.05) is 19.8 Å². The highest BCUT2D eigenvalue weighted by molar-refractivity contribution is 6.35. The van der Waals surface area contributed by atoms with Gasteiger partial charge in [-0.25, -0.2) is 19.3 Å². The highest BCUT2D eigenvalue weighted by Gasteiger charge is 2.23. The van der Waals surface area contributed by atoms with Crippen molar-refractivity contribution in [2.24, 2.45) is 0 Å². The monoisotopic (exact) mass is 475 g/mol. The number of hydrogen-bond donors (Lipinski definition) is 1. The van der Waals surface area contributed by atoms with Gasteiger partial charge < -0.3 is 14.5 Å². The zero-order valence-corrected chi connectivity index (χ0v) is 19.2. The first-order valence-electron chi connectivity index (χ1n) is 11.1. The summed E-state index contributed by atoms with van der Waals surface area (Å²) in [6.45, 7) is 3.85. The van der Waals surface area contributed by atoms with E-state index < -0.39 is 0 Å². The van der Waals surface area contributed by atoms with E-state index in [0.29, 0.717) is 37.0 Å². The second kappa shape index (κ2) is 8.39. The molecule has 0 unspecified atom stereocenters.